The molecular weight excluding hydrogens is 206 g/mol. The highest BCUT2D eigenvalue weighted by molar-refractivity contribution is 5.47. The van der Waals surface area contributed by atoms with Crippen LogP contribution in [0.2, 0.25) is 0 Å². The minimum Gasteiger partial charge on any atom is -0.310 e. The van der Waals surface area contributed by atoms with Gasteiger partial charge in [-0.15, -0.1) is 0 Å². The van der Waals surface area contributed by atoms with Gasteiger partial charge in [-0.1, -0.05) is 26.0 Å². The van der Waals surface area contributed by atoms with Crippen LogP contribution in [-0.2, 0) is 12.8 Å². The normalized spacial score (nSPS) is 23.4. The zero-order valence-corrected chi connectivity index (χ0v) is 11.1. The Labute approximate surface area is 105 Å². The minimum atomic E-state index is 0.639. The van der Waals surface area contributed by atoms with Crippen LogP contribution in [0.25, 0.3) is 0 Å². The maximum absolute atomic E-state index is 3.70. The largest absolute Gasteiger partial charge is 0.310 e. The van der Waals surface area contributed by atoms with Crippen LogP contribution in [0.15, 0.2) is 12.1 Å². The molecule has 1 atom stereocenters. The molecule has 92 valence electrons. The highest BCUT2D eigenvalue weighted by atomic mass is 14.9. The summed E-state index contributed by atoms with van der Waals surface area (Å²) in [5.74, 6) is 0.651. The molecule has 0 amide bonds. The zero-order valence-electron chi connectivity index (χ0n) is 11.1. The molecule has 1 nitrogen and oxygen atoms in total. The lowest BCUT2D eigenvalue weighted by Crippen LogP contribution is -2.17. The van der Waals surface area contributed by atoms with E-state index < -0.39 is 0 Å². The first kappa shape index (κ1) is 11.3. The Morgan fingerprint density at radius 3 is 2.76 bits per heavy atom. The van der Waals surface area contributed by atoms with Crippen LogP contribution in [0.5, 0.6) is 0 Å². The molecule has 0 spiro atoms. The molecular formula is C16H23N. The highest BCUT2D eigenvalue weighted by Crippen LogP contribution is 2.37. The van der Waals surface area contributed by atoms with Crippen molar-refractivity contribution in [2.45, 2.75) is 57.9 Å². The Hall–Kier alpha value is -0.820. The van der Waals surface area contributed by atoms with Gasteiger partial charge >= 0.3 is 0 Å². The number of aryl methyl sites for hydroxylation is 1. The van der Waals surface area contributed by atoms with Gasteiger partial charge < -0.3 is 5.32 Å². The van der Waals surface area contributed by atoms with E-state index in [9.17, 15) is 0 Å². The minimum absolute atomic E-state index is 0.639. The highest BCUT2D eigenvalue weighted by Gasteiger charge is 2.26. The third-order valence-electron chi connectivity index (χ3n) is 4.39. The number of fused-ring (bicyclic) bond motifs is 1. The maximum Gasteiger partial charge on any atom is 0.0326 e. The van der Waals surface area contributed by atoms with Gasteiger partial charge in [0.05, 0.1) is 0 Å². The standard InChI is InChI=1S/C16H23N/c1-11(2)13-9-8-12-5-3-6-14(12)16(13)15-7-4-10-17-15/h8-9,11,15,17H,3-7,10H2,1-2H3. The van der Waals surface area contributed by atoms with Crippen molar-refractivity contribution in [3.63, 3.8) is 0 Å². The first-order valence-electron chi connectivity index (χ1n) is 7.15. The molecule has 1 N–H and O–H groups in total. The van der Waals surface area contributed by atoms with Crippen molar-refractivity contribution < 1.29 is 0 Å². The summed E-state index contributed by atoms with van der Waals surface area (Å²) in [6.45, 7) is 5.86. The molecule has 0 bridgehead atoms. The van der Waals surface area contributed by atoms with Gasteiger partial charge in [-0.3, -0.25) is 0 Å². The van der Waals surface area contributed by atoms with Crippen LogP contribution in [0.4, 0.5) is 0 Å². The fourth-order valence-electron chi connectivity index (χ4n) is 3.56. The third-order valence-corrected chi connectivity index (χ3v) is 4.39. The van der Waals surface area contributed by atoms with E-state index in [-0.39, 0.29) is 0 Å². The van der Waals surface area contributed by atoms with Crippen molar-refractivity contribution in [1.82, 2.24) is 5.32 Å². The molecule has 1 aliphatic heterocycles. The Balaban J connectivity index is 2.10. The second-order valence-electron chi connectivity index (χ2n) is 5.86. The van der Waals surface area contributed by atoms with Crippen LogP contribution < -0.4 is 5.32 Å². The second-order valence-corrected chi connectivity index (χ2v) is 5.86. The SMILES string of the molecule is CC(C)c1ccc2c(c1C1CCCN1)CCC2. The first-order valence-corrected chi connectivity index (χ1v) is 7.15. The molecule has 17 heavy (non-hydrogen) atoms. The lowest BCUT2D eigenvalue weighted by molar-refractivity contribution is 0.626. The van der Waals surface area contributed by atoms with E-state index in [4.69, 9.17) is 0 Å². The number of benzene rings is 1. The molecule has 1 heterocycles. The molecule has 3 rings (SSSR count). The fraction of sp³-hybridized carbons (Fsp3) is 0.625. The predicted octanol–water partition coefficient (Wildman–Crippen LogP) is 3.72. The Morgan fingerprint density at radius 1 is 1.18 bits per heavy atom. The van der Waals surface area contributed by atoms with Gasteiger partial charge in [-0.05, 0) is 66.8 Å². The summed E-state index contributed by atoms with van der Waals surface area (Å²) in [5.41, 5.74) is 6.58. The molecule has 1 heteroatoms. The van der Waals surface area contributed by atoms with E-state index in [1.54, 1.807) is 22.3 Å². The number of rotatable bonds is 2. The molecule has 2 aliphatic rings. The summed E-state index contributed by atoms with van der Waals surface area (Å²) in [7, 11) is 0. The molecule has 0 aromatic heterocycles. The predicted molar refractivity (Wildman–Crippen MR) is 72.5 cm³/mol. The maximum atomic E-state index is 3.70. The molecule has 1 aliphatic carbocycles. The summed E-state index contributed by atoms with van der Waals surface area (Å²) in [6, 6.07) is 5.42. The average molecular weight is 229 g/mol. The summed E-state index contributed by atoms with van der Waals surface area (Å²) in [6.07, 6.45) is 6.63. The van der Waals surface area contributed by atoms with Crippen LogP contribution in [-0.4, -0.2) is 6.54 Å². The van der Waals surface area contributed by atoms with E-state index >= 15 is 0 Å². The smallest absolute Gasteiger partial charge is 0.0326 e. The first-order chi connectivity index (χ1) is 8.27. The fourth-order valence-corrected chi connectivity index (χ4v) is 3.56. The van der Waals surface area contributed by atoms with Gasteiger partial charge in [-0.2, -0.15) is 0 Å². The van der Waals surface area contributed by atoms with Crippen molar-refractivity contribution in [3.05, 3.63) is 34.4 Å². The van der Waals surface area contributed by atoms with Crippen LogP contribution in [0.3, 0.4) is 0 Å². The quantitative estimate of drug-likeness (QED) is 0.815. The lowest BCUT2D eigenvalue weighted by Gasteiger charge is -2.22. The molecule has 1 aromatic rings. The average Bonchev–Trinajstić information content (AvgIpc) is 2.98. The number of hydrogen-bond acceptors (Lipinski definition) is 1. The van der Waals surface area contributed by atoms with Gasteiger partial charge in [0, 0.05) is 6.04 Å². The Morgan fingerprint density at radius 2 is 2.06 bits per heavy atom. The Kier molecular flexibility index (Phi) is 2.96. The number of hydrogen-bond donors (Lipinski definition) is 1. The van der Waals surface area contributed by atoms with E-state index in [1.807, 2.05) is 0 Å². The summed E-state index contributed by atoms with van der Waals surface area (Å²) in [4.78, 5) is 0. The van der Waals surface area contributed by atoms with Crippen LogP contribution in [0.1, 0.15) is 67.3 Å². The van der Waals surface area contributed by atoms with E-state index in [0.717, 1.165) is 0 Å². The van der Waals surface area contributed by atoms with Crippen molar-refractivity contribution in [1.29, 1.82) is 0 Å². The number of nitrogens with one attached hydrogen (secondary N) is 1. The Bertz CT molecular complexity index is 414. The van der Waals surface area contributed by atoms with Crippen molar-refractivity contribution in [2.75, 3.05) is 6.54 Å². The summed E-state index contributed by atoms with van der Waals surface area (Å²) < 4.78 is 0. The molecule has 0 saturated carbocycles. The zero-order chi connectivity index (χ0) is 11.8. The molecule has 0 radical (unpaired) electrons. The lowest BCUT2D eigenvalue weighted by atomic mass is 9.86. The molecule has 1 aromatic carbocycles. The van der Waals surface area contributed by atoms with Gasteiger partial charge in [-0.25, -0.2) is 0 Å². The molecule has 1 saturated heterocycles. The topological polar surface area (TPSA) is 12.0 Å². The van der Waals surface area contributed by atoms with Gasteiger partial charge in [0.25, 0.3) is 0 Å². The van der Waals surface area contributed by atoms with Crippen LogP contribution >= 0.6 is 0 Å². The third kappa shape index (κ3) is 1.91. The van der Waals surface area contributed by atoms with E-state index in [0.29, 0.717) is 12.0 Å². The van der Waals surface area contributed by atoms with Crippen molar-refractivity contribution in [3.8, 4) is 0 Å². The monoisotopic (exact) mass is 229 g/mol. The van der Waals surface area contributed by atoms with Crippen LogP contribution in [0, 0.1) is 0 Å². The van der Waals surface area contributed by atoms with Crippen molar-refractivity contribution in [2.24, 2.45) is 0 Å². The van der Waals surface area contributed by atoms with E-state index in [2.05, 4.69) is 31.3 Å². The summed E-state index contributed by atoms with van der Waals surface area (Å²) >= 11 is 0. The van der Waals surface area contributed by atoms with Gasteiger partial charge in [0.15, 0.2) is 0 Å². The van der Waals surface area contributed by atoms with Crippen molar-refractivity contribution >= 4 is 0 Å². The summed E-state index contributed by atoms with van der Waals surface area (Å²) in [5, 5.41) is 3.70. The van der Waals surface area contributed by atoms with Gasteiger partial charge in [0.2, 0.25) is 0 Å². The second kappa shape index (κ2) is 4.45. The van der Waals surface area contributed by atoms with E-state index in [1.165, 1.54) is 38.6 Å². The van der Waals surface area contributed by atoms with Gasteiger partial charge in [0.1, 0.15) is 0 Å². The molecule has 1 unspecified atom stereocenters. The molecule has 1 fully saturated rings.